The fourth-order valence-electron chi connectivity index (χ4n) is 2.08. The molecule has 0 aliphatic heterocycles. The van der Waals surface area contributed by atoms with E-state index in [0.29, 0.717) is 16.6 Å². The van der Waals surface area contributed by atoms with Gasteiger partial charge in [-0.05, 0) is 32.0 Å². The van der Waals surface area contributed by atoms with Crippen LogP contribution in [0.5, 0.6) is 0 Å². The molecule has 0 saturated carbocycles. The van der Waals surface area contributed by atoms with E-state index in [9.17, 15) is 13.2 Å². The van der Waals surface area contributed by atoms with Gasteiger partial charge in [-0.15, -0.1) is 0 Å². The van der Waals surface area contributed by atoms with Gasteiger partial charge in [0.2, 0.25) is 0 Å². The molecule has 108 valence electrons. The molecule has 20 heavy (non-hydrogen) atoms. The number of aromatic amines is 1. The summed E-state index contributed by atoms with van der Waals surface area (Å²) in [6.07, 6.45) is 0. The Morgan fingerprint density at radius 3 is 2.50 bits per heavy atom. The highest BCUT2D eigenvalue weighted by Gasteiger charge is 2.16. The maximum absolute atomic E-state index is 11.8. The summed E-state index contributed by atoms with van der Waals surface area (Å²) in [4.78, 5) is 14.8. The fourth-order valence-corrected chi connectivity index (χ4v) is 2.69. The Morgan fingerprint density at radius 1 is 1.30 bits per heavy atom. The average Bonchev–Trinajstić information content (AvgIpc) is 2.63. The van der Waals surface area contributed by atoms with Crippen molar-refractivity contribution < 1.29 is 13.2 Å². The third-order valence-electron chi connectivity index (χ3n) is 3.07. The lowest BCUT2D eigenvalue weighted by Crippen LogP contribution is -2.28. The highest BCUT2D eigenvalue weighted by molar-refractivity contribution is 7.90. The first-order chi connectivity index (χ1) is 9.22. The zero-order chi connectivity index (χ0) is 15.1. The van der Waals surface area contributed by atoms with Crippen molar-refractivity contribution in [2.24, 2.45) is 0 Å². The Labute approximate surface area is 118 Å². The molecule has 1 aromatic carbocycles. The standard InChI is InChI=1S/C13H17N3O3S/c1-8-13(9(2)17)11-7-10(5-6-12(11)14-8)15-20(18,19)16(3)4/h5-7,14-15H,1-4H3. The number of anilines is 1. The zero-order valence-corrected chi connectivity index (χ0v) is 12.6. The predicted molar refractivity (Wildman–Crippen MR) is 79.3 cm³/mol. The summed E-state index contributed by atoms with van der Waals surface area (Å²) in [5, 5.41) is 0.717. The molecule has 0 aliphatic carbocycles. The van der Waals surface area contributed by atoms with Crippen LogP contribution in [0.2, 0.25) is 0 Å². The van der Waals surface area contributed by atoms with E-state index in [1.165, 1.54) is 21.0 Å². The van der Waals surface area contributed by atoms with Crippen molar-refractivity contribution in [2.75, 3.05) is 18.8 Å². The van der Waals surface area contributed by atoms with Crippen molar-refractivity contribution in [1.82, 2.24) is 9.29 Å². The molecular formula is C13H17N3O3S. The van der Waals surface area contributed by atoms with E-state index in [1.807, 2.05) is 6.92 Å². The molecule has 0 atom stereocenters. The smallest absolute Gasteiger partial charge is 0.301 e. The molecule has 0 bridgehead atoms. The summed E-state index contributed by atoms with van der Waals surface area (Å²) in [5.74, 6) is -0.0543. The lowest BCUT2D eigenvalue weighted by atomic mass is 10.1. The minimum absolute atomic E-state index is 0.0543. The van der Waals surface area contributed by atoms with Crippen LogP contribution in [0.25, 0.3) is 10.9 Å². The van der Waals surface area contributed by atoms with Crippen molar-refractivity contribution in [2.45, 2.75) is 13.8 Å². The number of aromatic nitrogens is 1. The van der Waals surface area contributed by atoms with Gasteiger partial charge in [-0.1, -0.05) is 0 Å². The van der Waals surface area contributed by atoms with Gasteiger partial charge in [0, 0.05) is 36.3 Å². The van der Waals surface area contributed by atoms with E-state index < -0.39 is 10.2 Å². The first-order valence-electron chi connectivity index (χ1n) is 6.06. The van der Waals surface area contributed by atoms with Crippen LogP contribution < -0.4 is 4.72 Å². The second-order valence-electron chi connectivity index (χ2n) is 4.83. The molecule has 0 unspecified atom stereocenters. The number of H-pyrrole nitrogens is 1. The monoisotopic (exact) mass is 295 g/mol. The van der Waals surface area contributed by atoms with Gasteiger partial charge < -0.3 is 4.98 Å². The van der Waals surface area contributed by atoms with Gasteiger partial charge in [-0.3, -0.25) is 9.52 Å². The topological polar surface area (TPSA) is 82.3 Å². The van der Waals surface area contributed by atoms with Crippen molar-refractivity contribution in [3.8, 4) is 0 Å². The summed E-state index contributed by atoms with van der Waals surface area (Å²) < 4.78 is 27.1. The number of nitrogens with zero attached hydrogens (tertiary/aromatic N) is 1. The molecule has 0 amide bonds. The lowest BCUT2D eigenvalue weighted by molar-refractivity contribution is 0.101. The molecule has 2 N–H and O–H groups in total. The number of hydrogen-bond acceptors (Lipinski definition) is 3. The Kier molecular flexibility index (Phi) is 3.58. The van der Waals surface area contributed by atoms with E-state index in [4.69, 9.17) is 0 Å². The molecule has 0 fully saturated rings. The number of carbonyl (C=O) groups is 1. The molecule has 0 spiro atoms. The lowest BCUT2D eigenvalue weighted by Gasteiger charge is -2.13. The Bertz CT molecular complexity index is 776. The van der Waals surface area contributed by atoms with Crippen LogP contribution in [0.1, 0.15) is 23.0 Å². The van der Waals surface area contributed by atoms with E-state index in [-0.39, 0.29) is 5.78 Å². The molecule has 0 saturated heterocycles. The Balaban J connectivity index is 2.54. The molecule has 6 nitrogen and oxygen atoms in total. The van der Waals surface area contributed by atoms with Crippen LogP contribution in [0.3, 0.4) is 0 Å². The molecule has 1 aromatic heterocycles. The SMILES string of the molecule is CC(=O)c1c(C)[nH]c2ccc(NS(=O)(=O)N(C)C)cc12. The van der Waals surface area contributed by atoms with E-state index in [2.05, 4.69) is 9.71 Å². The van der Waals surface area contributed by atoms with Crippen LogP contribution in [-0.4, -0.2) is 37.6 Å². The van der Waals surface area contributed by atoms with Gasteiger partial charge in [0.1, 0.15) is 0 Å². The van der Waals surface area contributed by atoms with Gasteiger partial charge in [0.05, 0.1) is 5.69 Å². The summed E-state index contributed by atoms with van der Waals surface area (Å²) in [5.41, 5.74) is 2.60. The summed E-state index contributed by atoms with van der Waals surface area (Å²) in [6, 6.07) is 5.07. The first kappa shape index (κ1) is 14.5. The van der Waals surface area contributed by atoms with Crippen LogP contribution in [0, 0.1) is 6.92 Å². The number of Topliss-reactive ketones (excluding diaryl/α,β-unsaturated/α-hetero) is 1. The van der Waals surface area contributed by atoms with Crippen LogP contribution in [0.15, 0.2) is 18.2 Å². The van der Waals surface area contributed by atoms with Gasteiger partial charge >= 0.3 is 10.2 Å². The molecule has 1 heterocycles. The van der Waals surface area contributed by atoms with E-state index in [1.54, 1.807) is 18.2 Å². The van der Waals surface area contributed by atoms with Gasteiger partial charge in [0.15, 0.2) is 5.78 Å². The molecule has 0 aliphatic rings. The number of rotatable bonds is 4. The zero-order valence-electron chi connectivity index (χ0n) is 11.8. The first-order valence-corrected chi connectivity index (χ1v) is 7.50. The molecular weight excluding hydrogens is 278 g/mol. The minimum atomic E-state index is -3.56. The third-order valence-corrected chi connectivity index (χ3v) is 4.52. The predicted octanol–water partition coefficient (Wildman–Crippen LogP) is 1.90. The van der Waals surface area contributed by atoms with Crippen molar-refractivity contribution in [3.63, 3.8) is 0 Å². The number of fused-ring (bicyclic) bond motifs is 1. The maximum atomic E-state index is 11.8. The van der Waals surface area contributed by atoms with E-state index >= 15 is 0 Å². The average molecular weight is 295 g/mol. The Morgan fingerprint density at radius 2 is 1.95 bits per heavy atom. The van der Waals surface area contributed by atoms with Gasteiger partial charge in [-0.2, -0.15) is 12.7 Å². The largest absolute Gasteiger partial charge is 0.358 e. The highest BCUT2D eigenvalue weighted by atomic mass is 32.2. The van der Waals surface area contributed by atoms with Crippen LogP contribution >= 0.6 is 0 Å². The van der Waals surface area contributed by atoms with Crippen LogP contribution in [-0.2, 0) is 10.2 Å². The molecule has 0 radical (unpaired) electrons. The fraction of sp³-hybridized carbons (Fsp3) is 0.308. The number of hydrogen-bond donors (Lipinski definition) is 2. The minimum Gasteiger partial charge on any atom is -0.358 e. The van der Waals surface area contributed by atoms with Crippen molar-refractivity contribution in [3.05, 3.63) is 29.5 Å². The number of aryl methyl sites for hydroxylation is 1. The van der Waals surface area contributed by atoms with E-state index in [0.717, 1.165) is 15.5 Å². The second kappa shape index (κ2) is 4.92. The quantitative estimate of drug-likeness (QED) is 0.845. The number of ketones is 1. The van der Waals surface area contributed by atoms with Crippen molar-refractivity contribution in [1.29, 1.82) is 0 Å². The molecule has 2 aromatic rings. The number of nitrogens with one attached hydrogen (secondary N) is 2. The van der Waals surface area contributed by atoms with Crippen molar-refractivity contribution >= 4 is 32.6 Å². The van der Waals surface area contributed by atoms with Gasteiger partial charge in [-0.25, -0.2) is 0 Å². The summed E-state index contributed by atoms with van der Waals surface area (Å²) in [7, 11) is -0.665. The number of carbonyl (C=O) groups excluding carboxylic acids is 1. The highest BCUT2D eigenvalue weighted by Crippen LogP contribution is 2.26. The maximum Gasteiger partial charge on any atom is 0.301 e. The Hall–Kier alpha value is -1.86. The molecule has 2 rings (SSSR count). The number of benzene rings is 1. The van der Waals surface area contributed by atoms with Gasteiger partial charge in [0.25, 0.3) is 0 Å². The third kappa shape index (κ3) is 2.54. The second-order valence-corrected chi connectivity index (χ2v) is 6.72. The van der Waals surface area contributed by atoms with Crippen LogP contribution in [0.4, 0.5) is 5.69 Å². The summed E-state index contributed by atoms with van der Waals surface area (Å²) in [6.45, 7) is 3.31. The summed E-state index contributed by atoms with van der Waals surface area (Å²) >= 11 is 0. The molecule has 7 heteroatoms. The normalized spacial score (nSPS) is 12.1.